The number of anilines is 2. The second-order valence-electron chi connectivity index (χ2n) is 17.0. The van der Waals surface area contributed by atoms with Crippen LogP contribution in [-0.2, 0) is 61.1 Å². The summed E-state index contributed by atoms with van der Waals surface area (Å²) in [7, 11) is -7.43. The molecule has 4 fully saturated rings. The highest BCUT2D eigenvalue weighted by atomic mass is 32.2. The van der Waals surface area contributed by atoms with Crippen molar-refractivity contribution in [3.8, 4) is 0 Å². The lowest BCUT2D eigenvalue weighted by Crippen LogP contribution is -2.59. The summed E-state index contributed by atoms with van der Waals surface area (Å²) >= 11 is 0. The minimum absolute atomic E-state index is 0.00139. The third-order valence-corrected chi connectivity index (χ3v) is 15.4. The maximum Gasteiger partial charge on any atom is 0.407 e. The molecular formula is C40H44F6N6O12S2. The second kappa shape index (κ2) is 17.4. The van der Waals surface area contributed by atoms with E-state index in [0.29, 0.717) is 12.1 Å². The van der Waals surface area contributed by atoms with Crippen molar-refractivity contribution < 1.29 is 82.0 Å². The topological polar surface area (TPSA) is 252 Å². The number of alkyl halides is 6. The van der Waals surface area contributed by atoms with Crippen molar-refractivity contribution in [2.75, 3.05) is 22.1 Å². The molecule has 0 spiro atoms. The Labute approximate surface area is 374 Å². The van der Waals surface area contributed by atoms with Crippen LogP contribution >= 0.6 is 0 Å². The number of nitrogens with zero attached hydrogens (tertiary/aromatic N) is 2. The van der Waals surface area contributed by atoms with Crippen molar-refractivity contribution in [3.05, 3.63) is 70.4 Å². The SMILES string of the molecule is [C-]#[N+]c1ccc(NC(=O)C2C(C(=O)O)C3(C)CC(NS(=O)(=O)CC)C2(C)O3)cc1C(F)(F)F.[C-]#[N+]c1ccc(NC(=O)C2C(C(=O)O)C3(C)OC2(C)CC3NS(=O)(=O)CC)cc1C(F)(F)F. The number of carbonyl (C=O) groups excluding carboxylic acids is 2. The van der Waals surface area contributed by atoms with E-state index in [-0.39, 0.29) is 35.7 Å². The molecule has 0 aromatic heterocycles. The van der Waals surface area contributed by atoms with Crippen molar-refractivity contribution in [3.63, 3.8) is 0 Å². The van der Waals surface area contributed by atoms with Crippen molar-refractivity contribution in [1.82, 2.24) is 9.44 Å². The zero-order valence-corrected chi connectivity index (χ0v) is 37.3. The number of carboxylic acid groups (broad SMARTS) is 2. The third-order valence-electron chi connectivity index (χ3n) is 12.6. The van der Waals surface area contributed by atoms with Gasteiger partial charge in [-0.05, 0) is 78.6 Å². The highest BCUT2D eigenvalue weighted by molar-refractivity contribution is 7.89. The summed E-state index contributed by atoms with van der Waals surface area (Å²) in [5, 5.41) is 24.3. The molecule has 4 aliphatic heterocycles. The lowest BCUT2D eigenvalue weighted by atomic mass is 9.65. The Kier molecular flexibility index (Phi) is 13.6. The van der Waals surface area contributed by atoms with Gasteiger partial charge in [0.1, 0.15) is 5.92 Å². The van der Waals surface area contributed by atoms with E-state index >= 15 is 0 Å². The Morgan fingerprint density at radius 1 is 0.652 bits per heavy atom. The van der Waals surface area contributed by atoms with Gasteiger partial charge in [0.05, 0.1) is 88.0 Å². The fourth-order valence-electron chi connectivity index (χ4n) is 9.62. The van der Waals surface area contributed by atoms with Gasteiger partial charge in [-0.25, -0.2) is 36.0 Å². The van der Waals surface area contributed by atoms with Crippen LogP contribution in [0.5, 0.6) is 0 Å². The van der Waals surface area contributed by atoms with E-state index in [4.69, 9.17) is 22.6 Å². The number of amides is 2. The number of aliphatic carboxylic acids is 2. The largest absolute Gasteiger partial charge is 0.481 e. The van der Waals surface area contributed by atoms with E-state index in [2.05, 4.69) is 29.8 Å². The van der Waals surface area contributed by atoms with Gasteiger partial charge in [0.2, 0.25) is 31.9 Å². The van der Waals surface area contributed by atoms with Crippen LogP contribution in [0.3, 0.4) is 0 Å². The van der Waals surface area contributed by atoms with E-state index in [1.165, 1.54) is 41.5 Å². The molecule has 66 heavy (non-hydrogen) atoms. The Morgan fingerprint density at radius 3 is 1.33 bits per heavy atom. The molecule has 0 saturated carbocycles. The molecule has 6 N–H and O–H groups in total. The lowest BCUT2D eigenvalue weighted by molar-refractivity contribution is -0.151. The molecule has 2 aromatic carbocycles. The molecule has 2 amide bonds. The Balaban J connectivity index is 0.000000247. The van der Waals surface area contributed by atoms with Gasteiger partial charge in [-0.1, -0.05) is 12.1 Å². The zero-order chi connectivity index (χ0) is 50.0. The van der Waals surface area contributed by atoms with E-state index in [1.807, 2.05) is 0 Å². The number of carbonyl (C=O) groups is 4. The van der Waals surface area contributed by atoms with Gasteiger partial charge in [0.15, 0.2) is 11.4 Å². The maximum absolute atomic E-state index is 13.3. The maximum atomic E-state index is 13.3. The normalized spacial score (nSPS) is 31.2. The predicted molar refractivity (Wildman–Crippen MR) is 220 cm³/mol. The van der Waals surface area contributed by atoms with Gasteiger partial charge >= 0.3 is 24.3 Å². The van der Waals surface area contributed by atoms with E-state index in [0.717, 1.165) is 24.3 Å². The molecule has 18 nitrogen and oxygen atoms in total. The summed E-state index contributed by atoms with van der Waals surface area (Å²) in [4.78, 5) is 56.1. The number of ether oxygens (including phenoxy) is 2. The monoisotopic (exact) mass is 978 g/mol. The van der Waals surface area contributed by atoms with E-state index < -0.39 is 137 Å². The first-order valence-corrected chi connectivity index (χ1v) is 23.1. The number of nitrogens with one attached hydrogen (secondary N) is 4. The first-order chi connectivity index (χ1) is 30.2. The van der Waals surface area contributed by atoms with Crippen LogP contribution in [-0.4, -0.2) is 96.8 Å². The summed E-state index contributed by atoms with van der Waals surface area (Å²) in [6.07, 6.45) is -9.68. The van der Waals surface area contributed by atoms with Crippen LogP contribution in [0.4, 0.5) is 49.1 Å². The average Bonchev–Trinajstić information content (AvgIpc) is 3.80. The third kappa shape index (κ3) is 9.57. The molecule has 2 aromatic rings. The summed E-state index contributed by atoms with van der Waals surface area (Å²) in [5.74, 6) is -10.6. The van der Waals surface area contributed by atoms with E-state index in [1.54, 1.807) is 0 Å². The number of sulfonamides is 2. The van der Waals surface area contributed by atoms with Crippen molar-refractivity contribution in [2.45, 2.75) is 101 Å². The molecule has 0 aliphatic carbocycles. The minimum atomic E-state index is -4.84. The molecule has 26 heteroatoms. The van der Waals surface area contributed by atoms with Crippen LogP contribution in [0.25, 0.3) is 9.69 Å². The first-order valence-electron chi connectivity index (χ1n) is 19.8. The molecule has 360 valence electrons. The average molecular weight is 979 g/mol. The Bertz CT molecular complexity index is 2660. The first kappa shape index (κ1) is 51.6. The number of rotatable bonds is 12. The summed E-state index contributed by atoms with van der Waals surface area (Å²) in [6, 6.07) is 3.40. The van der Waals surface area contributed by atoms with Gasteiger partial charge in [-0.15, -0.1) is 0 Å². The number of benzene rings is 2. The Hall–Kier alpha value is -5.38. The molecule has 4 aliphatic rings. The summed E-state index contributed by atoms with van der Waals surface area (Å²) in [5.41, 5.74) is -10.2. The van der Waals surface area contributed by atoms with Gasteiger partial charge < -0.3 is 30.3 Å². The summed E-state index contributed by atoms with van der Waals surface area (Å²) in [6.45, 7) is 22.4. The van der Waals surface area contributed by atoms with Crippen molar-refractivity contribution in [2.24, 2.45) is 23.7 Å². The highest BCUT2D eigenvalue weighted by Crippen LogP contribution is 2.59. The molecule has 10 unspecified atom stereocenters. The van der Waals surface area contributed by atoms with Gasteiger partial charge in [0.25, 0.3) is 0 Å². The fraction of sp³-hybridized carbons (Fsp3) is 0.550. The van der Waals surface area contributed by atoms with Crippen LogP contribution in [0, 0.1) is 36.8 Å². The van der Waals surface area contributed by atoms with Crippen molar-refractivity contribution >= 4 is 66.5 Å². The van der Waals surface area contributed by atoms with E-state index in [9.17, 15) is 72.6 Å². The molecule has 4 bridgehead atoms. The standard InChI is InChI=1S/2C20H22F3N3O6S/c1-5-33(30,31)26-13-9-18(2)15(17(28)29)14(19(13,3)32-18)16(27)25-10-6-7-12(24-4)11(8-10)20(21,22)23;1-5-33(30,31)26-13-9-18(2)14(15(17(28)29)19(13,3)32-18)16(27)25-10-6-7-12(24-4)11(8-10)20(21,22)23/h2*6-8,13-15,26H,5,9H2,1-3H3,(H,25,27)(H,28,29). The second-order valence-corrected chi connectivity index (χ2v) is 21.1. The van der Waals surface area contributed by atoms with Crippen LogP contribution in [0.2, 0.25) is 0 Å². The number of halogens is 6. The smallest absolute Gasteiger partial charge is 0.407 e. The van der Waals surface area contributed by atoms with Crippen LogP contribution in [0.1, 0.15) is 65.5 Å². The molecular weight excluding hydrogens is 935 g/mol. The van der Waals surface area contributed by atoms with Gasteiger partial charge in [0, 0.05) is 11.4 Å². The Morgan fingerprint density at radius 2 is 1.00 bits per heavy atom. The molecule has 4 saturated heterocycles. The summed E-state index contributed by atoms with van der Waals surface area (Å²) < 4.78 is 145. The number of fused-ring (bicyclic) bond motifs is 4. The molecule has 6 rings (SSSR count). The van der Waals surface area contributed by atoms with Crippen LogP contribution in [0.15, 0.2) is 36.4 Å². The number of carboxylic acids is 2. The molecule has 4 heterocycles. The van der Waals surface area contributed by atoms with Gasteiger partial charge in [-0.3, -0.25) is 19.2 Å². The van der Waals surface area contributed by atoms with Crippen molar-refractivity contribution in [1.29, 1.82) is 0 Å². The highest BCUT2D eigenvalue weighted by Gasteiger charge is 2.73. The molecule has 0 radical (unpaired) electrons. The lowest BCUT2D eigenvalue weighted by Gasteiger charge is -2.38. The van der Waals surface area contributed by atoms with Crippen LogP contribution < -0.4 is 20.1 Å². The number of hydrogen-bond acceptors (Lipinski definition) is 10. The molecule has 10 atom stereocenters. The van der Waals surface area contributed by atoms with Gasteiger partial charge in [-0.2, -0.15) is 26.3 Å². The number of hydrogen-bond donors (Lipinski definition) is 6. The quantitative estimate of drug-likeness (QED) is 0.113. The fourth-order valence-corrected chi connectivity index (χ4v) is 11.5. The minimum Gasteiger partial charge on any atom is -0.481 e. The predicted octanol–water partition coefficient (Wildman–Crippen LogP) is 5.54. The zero-order valence-electron chi connectivity index (χ0n) is 35.7.